The minimum absolute atomic E-state index is 0.223. The summed E-state index contributed by atoms with van der Waals surface area (Å²) < 4.78 is 4.73. The fraction of sp³-hybridized carbons (Fsp3) is 0.167. The molecular formula is C18H18ClN3O3. The second-order valence-corrected chi connectivity index (χ2v) is 5.50. The van der Waals surface area contributed by atoms with Crippen molar-refractivity contribution in [1.82, 2.24) is 5.43 Å². The van der Waals surface area contributed by atoms with Crippen LogP contribution in [0, 0.1) is 0 Å². The number of carbonyl (C=O) groups excluding carboxylic acids is 2. The van der Waals surface area contributed by atoms with E-state index < -0.39 is 6.09 Å². The molecule has 0 aromatic heterocycles. The first kappa shape index (κ1) is 18.5. The van der Waals surface area contributed by atoms with Crippen LogP contribution in [-0.2, 0) is 4.74 Å². The predicted molar refractivity (Wildman–Crippen MR) is 98.2 cm³/mol. The number of hydrogen-bond acceptors (Lipinski definition) is 4. The van der Waals surface area contributed by atoms with Crippen molar-refractivity contribution in [3.05, 3.63) is 64.7 Å². The maximum Gasteiger partial charge on any atom is 0.427 e. The molecule has 0 fully saturated rings. The number of ether oxygens (including phenoxy) is 1. The van der Waals surface area contributed by atoms with Crippen LogP contribution in [0.15, 0.2) is 53.6 Å². The van der Waals surface area contributed by atoms with Gasteiger partial charge in [-0.25, -0.2) is 10.2 Å². The van der Waals surface area contributed by atoms with Crippen LogP contribution in [0.2, 0.25) is 5.02 Å². The smallest absolute Gasteiger partial charge is 0.427 e. The van der Waals surface area contributed by atoms with E-state index in [9.17, 15) is 9.59 Å². The lowest BCUT2D eigenvalue weighted by molar-refractivity contribution is 0.102. The molecule has 2 aromatic carbocycles. The second kappa shape index (κ2) is 8.84. The summed E-state index contributed by atoms with van der Waals surface area (Å²) in [5.41, 5.74) is 4.89. The van der Waals surface area contributed by atoms with Gasteiger partial charge in [-0.1, -0.05) is 23.7 Å². The van der Waals surface area contributed by atoms with Gasteiger partial charge in [0.2, 0.25) is 0 Å². The molecule has 2 N–H and O–H groups in total. The number of nitrogens with one attached hydrogen (secondary N) is 2. The second-order valence-electron chi connectivity index (χ2n) is 5.07. The number of rotatable bonds is 5. The number of carbonyl (C=O) groups is 2. The highest BCUT2D eigenvalue weighted by Gasteiger charge is 2.06. The summed E-state index contributed by atoms with van der Waals surface area (Å²) in [5.74, 6) is -0.223. The fourth-order valence-electron chi connectivity index (χ4n) is 1.96. The quantitative estimate of drug-likeness (QED) is 0.624. The zero-order chi connectivity index (χ0) is 18.2. The highest BCUT2D eigenvalue weighted by molar-refractivity contribution is 6.30. The van der Waals surface area contributed by atoms with Crippen molar-refractivity contribution in [2.45, 2.75) is 13.8 Å². The van der Waals surface area contributed by atoms with E-state index in [1.807, 2.05) is 0 Å². The first-order valence-corrected chi connectivity index (χ1v) is 8.02. The zero-order valence-electron chi connectivity index (χ0n) is 13.9. The van der Waals surface area contributed by atoms with Gasteiger partial charge < -0.3 is 10.1 Å². The highest BCUT2D eigenvalue weighted by Crippen LogP contribution is 2.14. The van der Waals surface area contributed by atoms with Crippen molar-refractivity contribution < 1.29 is 14.3 Å². The number of nitrogens with zero attached hydrogens (tertiary/aromatic N) is 1. The molecule has 0 aliphatic rings. The van der Waals surface area contributed by atoms with Gasteiger partial charge >= 0.3 is 6.09 Å². The Labute approximate surface area is 150 Å². The molecular weight excluding hydrogens is 342 g/mol. The number of amides is 2. The summed E-state index contributed by atoms with van der Waals surface area (Å²) in [6, 6.07) is 13.7. The molecule has 130 valence electrons. The summed E-state index contributed by atoms with van der Waals surface area (Å²) in [6.45, 7) is 3.75. The third kappa shape index (κ3) is 5.61. The Morgan fingerprint density at radius 3 is 2.24 bits per heavy atom. The molecule has 6 nitrogen and oxygen atoms in total. The number of anilines is 1. The highest BCUT2D eigenvalue weighted by atomic mass is 35.5. The van der Waals surface area contributed by atoms with Gasteiger partial charge in [0.15, 0.2) is 0 Å². The van der Waals surface area contributed by atoms with Crippen LogP contribution in [0.3, 0.4) is 0 Å². The van der Waals surface area contributed by atoms with Gasteiger partial charge in [0, 0.05) is 16.3 Å². The molecule has 0 radical (unpaired) electrons. The molecule has 0 spiro atoms. The normalized spacial score (nSPS) is 10.9. The zero-order valence-corrected chi connectivity index (χ0v) is 14.6. The lowest BCUT2D eigenvalue weighted by Crippen LogP contribution is -2.20. The van der Waals surface area contributed by atoms with E-state index in [0.717, 1.165) is 5.56 Å². The molecule has 2 aromatic rings. The summed E-state index contributed by atoms with van der Waals surface area (Å²) in [5, 5.41) is 7.33. The van der Waals surface area contributed by atoms with E-state index in [2.05, 4.69) is 15.8 Å². The van der Waals surface area contributed by atoms with Crippen molar-refractivity contribution in [3.8, 4) is 0 Å². The summed E-state index contributed by atoms with van der Waals surface area (Å²) in [4.78, 5) is 23.4. The van der Waals surface area contributed by atoms with Gasteiger partial charge in [-0.2, -0.15) is 5.10 Å². The summed E-state index contributed by atoms with van der Waals surface area (Å²) in [6.07, 6.45) is -0.603. The molecule has 0 aliphatic heterocycles. The standard InChI is InChI=1S/C18H18ClN3O3/c1-3-25-18(24)22-21-12(2)13-6-10-16(11-7-13)20-17(23)14-4-8-15(19)9-5-14/h4-11H,3H2,1-2H3,(H,20,23)(H,22,24)/b21-12-. The largest absolute Gasteiger partial charge is 0.449 e. The van der Waals surface area contributed by atoms with Crippen LogP contribution in [0.1, 0.15) is 29.8 Å². The first-order valence-electron chi connectivity index (χ1n) is 7.64. The number of hydrazone groups is 1. The lowest BCUT2D eigenvalue weighted by atomic mass is 10.1. The van der Waals surface area contributed by atoms with E-state index in [-0.39, 0.29) is 12.5 Å². The van der Waals surface area contributed by atoms with Crippen LogP contribution in [0.4, 0.5) is 10.5 Å². The van der Waals surface area contributed by atoms with Gasteiger partial charge in [0.05, 0.1) is 12.3 Å². The van der Waals surface area contributed by atoms with Crippen molar-refractivity contribution >= 4 is 35.0 Å². The Hall–Kier alpha value is -2.86. The van der Waals surface area contributed by atoms with Gasteiger partial charge in [0.1, 0.15) is 0 Å². The Bertz CT molecular complexity index is 771. The van der Waals surface area contributed by atoms with Crippen LogP contribution in [0.25, 0.3) is 0 Å². The maximum absolute atomic E-state index is 12.1. The first-order chi connectivity index (χ1) is 12.0. The minimum Gasteiger partial charge on any atom is -0.449 e. The average molecular weight is 360 g/mol. The molecule has 0 atom stereocenters. The van der Waals surface area contributed by atoms with E-state index in [1.54, 1.807) is 62.4 Å². The number of benzene rings is 2. The fourth-order valence-corrected chi connectivity index (χ4v) is 2.08. The molecule has 7 heteroatoms. The topological polar surface area (TPSA) is 79.8 Å². The van der Waals surface area contributed by atoms with Crippen LogP contribution < -0.4 is 10.7 Å². The van der Waals surface area contributed by atoms with Crippen molar-refractivity contribution in [2.75, 3.05) is 11.9 Å². The van der Waals surface area contributed by atoms with E-state index in [0.29, 0.717) is 22.0 Å². The monoisotopic (exact) mass is 359 g/mol. The molecule has 0 saturated carbocycles. The predicted octanol–water partition coefficient (Wildman–Crippen LogP) is 4.06. The molecule has 0 unspecified atom stereocenters. The summed E-state index contributed by atoms with van der Waals surface area (Å²) >= 11 is 5.81. The average Bonchev–Trinajstić information content (AvgIpc) is 2.61. The Kier molecular flexibility index (Phi) is 6.54. The molecule has 25 heavy (non-hydrogen) atoms. The Morgan fingerprint density at radius 2 is 1.64 bits per heavy atom. The molecule has 0 bridgehead atoms. The van der Waals surface area contributed by atoms with Gasteiger partial charge in [-0.15, -0.1) is 0 Å². The van der Waals surface area contributed by atoms with Crippen molar-refractivity contribution in [2.24, 2.45) is 5.10 Å². The number of halogens is 1. The van der Waals surface area contributed by atoms with E-state index >= 15 is 0 Å². The molecule has 2 rings (SSSR count). The SMILES string of the molecule is CCOC(=O)N/N=C(/C)c1ccc(NC(=O)c2ccc(Cl)cc2)cc1. The molecule has 0 heterocycles. The van der Waals surface area contributed by atoms with Crippen LogP contribution >= 0.6 is 11.6 Å². The Morgan fingerprint density at radius 1 is 1.04 bits per heavy atom. The third-order valence-electron chi connectivity index (χ3n) is 3.26. The van der Waals surface area contributed by atoms with Gasteiger partial charge in [-0.05, 0) is 55.8 Å². The van der Waals surface area contributed by atoms with Crippen LogP contribution in [-0.4, -0.2) is 24.3 Å². The molecule has 0 saturated heterocycles. The maximum atomic E-state index is 12.1. The van der Waals surface area contributed by atoms with Gasteiger partial charge in [-0.3, -0.25) is 4.79 Å². The van der Waals surface area contributed by atoms with Crippen LogP contribution in [0.5, 0.6) is 0 Å². The van der Waals surface area contributed by atoms with Crippen molar-refractivity contribution in [1.29, 1.82) is 0 Å². The van der Waals surface area contributed by atoms with E-state index in [4.69, 9.17) is 16.3 Å². The Balaban J connectivity index is 1.99. The van der Waals surface area contributed by atoms with Gasteiger partial charge in [0.25, 0.3) is 5.91 Å². The minimum atomic E-state index is -0.603. The third-order valence-corrected chi connectivity index (χ3v) is 3.51. The van der Waals surface area contributed by atoms with E-state index in [1.165, 1.54) is 0 Å². The summed E-state index contributed by atoms with van der Waals surface area (Å²) in [7, 11) is 0. The van der Waals surface area contributed by atoms with Crippen molar-refractivity contribution in [3.63, 3.8) is 0 Å². The lowest BCUT2D eigenvalue weighted by Gasteiger charge is -2.07. The number of hydrogen-bond donors (Lipinski definition) is 2. The molecule has 0 aliphatic carbocycles. The molecule has 2 amide bonds.